The summed E-state index contributed by atoms with van der Waals surface area (Å²) in [7, 11) is 0. The maximum absolute atomic E-state index is 4.62. The van der Waals surface area contributed by atoms with Crippen molar-refractivity contribution in [1.82, 2.24) is 14.5 Å². The molecule has 0 aliphatic carbocycles. The van der Waals surface area contributed by atoms with Crippen LogP contribution in [0.25, 0.3) is 11.0 Å². The van der Waals surface area contributed by atoms with E-state index in [0.717, 1.165) is 29.9 Å². The highest BCUT2D eigenvalue weighted by molar-refractivity contribution is 5.74. The lowest BCUT2D eigenvalue weighted by Gasteiger charge is -1.96. The Kier molecular flexibility index (Phi) is 4.34. The first-order valence-corrected chi connectivity index (χ1v) is 7.83. The van der Waals surface area contributed by atoms with Crippen LogP contribution in [0.5, 0.6) is 0 Å². The van der Waals surface area contributed by atoms with Crippen molar-refractivity contribution in [1.29, 1.82) is 0 Å². The van der Waals surface area contributed by atoms with Crippen molar-refractivity contribution in [2.75, 3.05) is 0 Å². The zero-order chi connectivity index (χ0) is 14.5. The molecular weight excluding hydrogens is 260 g/mol. The second-order valence-electron chi connectivity index (χ2n) is 5.59. The molecule has 0 unspecified atom stereocenters. The van der Waals surface area contributed by atoms with Gasteiger partial charge in [-0.25, -0.2) is 14.1 Å². The highest BCUT2D eigenvalue weighted by atomic mass is 15.1. The number of unbranched alkanes of at least 4 members (excludes halogenated alkanes) is 3. The highest BCUT2D eigenvalue weighted by Crippen LogP contribution is 2.09. The van der Waals surface area contributed by atoms with Crippen molar-refractivity contribution in [2.45, 2.75) is 45.7 Å². The van der Waals surface area contributed by atoms with Crippen molar-refractivity contribution in [2.24, 2.45) is 0 Å². The van der Waals surface area contributed by atoms with Crippen LogP contribution in [-0.2, 0) is 13.1 Å². The average molecular weight is 283 g/mol. The van der Waals surface area contributed by atoms with Crippen molar-refractivity contribution in [3.8, 4) is 0 Å². The van der Waals surface area contributed by atoms with Crippen LogP contribution in [0.1, 0.15) is 38.4 Å². The highest BCUT2D eigenvalue weighted by Gasteiger charge is 2.08. The molecule has 0 spiro atoms. The fraction of sp³-hybridized carbons (Fsp3) is 0.412. The van der Waals surface area contributed by atoms with Crippen LogP contribution in [0, 0.1) is 0 Å². The molecule has 110 valence electrons. The largest absolute Gasteiger partial charge is 0.339 e. The SMILES string of the molecule is CCCCCCn1cc[n+](Cc2nc3ccccc3[nH]2)c1. The first-order valence-electron chi connectivity index (χ1n) is 7.83. The summed E-state index contributed by atoms with van der Waals surface area (Å²) in [6, 6.07) is 8.16. The van der Waals surface area contributed by atoms with E-state index in [-0.39, 0.29) is 0 Å². The number of aryl methyl sites for hydroxylation is 1. The van der Waals surface area contributed by atoms with E-state index >= 15 is 0 Å². The number of hydrogen-bond acceptors (Lipinski definition) is 1. The van der Waals surface area contributed by atoms with E-state index in [0.29, 0.717) is 0 Å². The molecule has 0 aliphatic rings. The molecule has 3 rings (SSSR count). The number of fused-ring (bicyclic) bond motifs is 1. The standard InChI is InChI=1S/C17H23N4/c1-2-3-4-7-10-20-11-12-21(14-20)13-17-18-15-8-5-6-9-16(15)19-17/h5-6,8-9,11-12,14H,2-4,7,10,13H2,1H3,(H,18,19)/q+1. The lowest BCUT2D eigenvalue weighted by molar-refractivity contribution is -0.688. The summed E-state index contributed by atoms with van der Waals surface area (Å²) in [4.78, 5) is 7.99. The van der Waals surface area contributed by atoms with E-state index in [1.54, 1.807) is 0 Å². The van der Waals surface area contributed by atoms with Gasteiger partial charge in [0.15, 0.2) is 0 Å². The summed E-state index contributed by atoms with van der Waals surface area (Å²) < 4.78 is 4.44. The predicted molar refractivity (Wildman–Crippen MR) is 84.0 cm³/mol. The van der Waals surface area contributed by atoms with E-state index < -0.39 is 0 Å². The second kappa shape index (κ2) is 6.57. The predicted octanol–water partition coefficient (Wildman–Crippen LogP) is 3.28. The number of rotatable bonds is 7. The topological polar surface area (TPSA) is 37.5 Å². The lowest BCUT2D eigenvalue weighted by Crippen LogP contribution is -2.32. The Bertz CT molecular complexity index is 662. The van der Waals surface area contributed by atoms with Crippen molar-refractivity contribution >= 4 is 11.0 Å². The van der Waals surface area contributed by atoms with E-state index in [1.807, 2.05) is 18.2 Å². The van der Waals surface area contributed by atoms with Crippen molar-refractivity contribution < 1.29 is 4.57 Å². The van der Waals surface area contributed by atoms with Crippen LogP contribution in [0.15, 0.2) is 43.0 Å². The third-order valence-electron chi connectivity index (χ3n) is 3.79. The quantitative estimate of drug-likeness (QED) is 0.524. The van der Waals surface area contributed by atoms with Gasteiger partial charge in [-0.05, 0) is 25.0 Å². The van der Waals surface area contributed by atoms with Gasteiger partial charge in [0.1, 0.15) is 24.8 Å². The molecule has 21 heavy (non-hydrogen) atoms. The summed E-state index contributed by atoms with van der Waals surface area (Å²) >= 11 is 0. The first kappa shape index (κ1) is 13.9. The summed E-state index contributed by atoms with van der Waals surface area (Å²) in [5.41, 5.74) is 2.14. The molecule has 0 aliphatic heterocycles. The minimum absolute atomic E-state index is 0.788. The van der Waals surface area contributed by atoms with E-state index in [1.165, 1.54) is 25.7 Å². The minimum atomic E-state index is 0.788. The smallest absolute Gasteiger partial charge is 0.244 e. The zero-order valence-electron chi connectivity index (χ0n) is 12.6. The van der Waals surface area contributed by atoms with E-state index in [2.05, 4.69) is 50.8 Å². The molecule has 2 heterocycles. The van der Waals surface area contributed by atoms with Gasteiger partial charge in [0.2, 0.25) is 6.33 Å². The second-order valence-corrected chi connectivity index (χ2v) is 5.59. The number of para-hydroxylation sites is 2. The minimum Gasteiger partial charge on any atom is -0.339 e. The number of nitrogens with one attached hydrogen (secondary N) is 1. The Hall–Kier alpha value is -2.10. The fourth-order valence-electron chi connectivity index (χ4n) is 2.64. The van der Waals surface area contributed by atoms with Gasteiger partial charge >= 0.3 is 0 Å². The Morgan fingerprint density at radius 2 is 2.10 bits per heavy atom. The van der Waals surface area contributed by atoms with Gasteiger partial charge in [-0.2, -0.15) is 0 Å². The van der Waals surface area contributed by atoms with Crippen LogP contribution < -0.4 is 4.57 Å². The van der Waals surface area contributed by atoms with Gasteiger partial charge in [0, 0.05) is 0 Å². The monoisotopic (exact) mass is 283 g/mol. The van der Waals surface area contributed by atoms with E-state index in [4.69, 9.17) is 0 Å². The number of H-pyrrole nitrogens is 1. The molecule has 3 aromatic rings. The van der Waals surface area contributed by atoms with Crippen LogP contribution in [0.2, 0.25) is 0 Å². The number of aromatic nitrogens is 4. The molecule has 0 radical (unpaired) electrons. The maximum atomic E-state index is 4.62. The molecule has 0 bridgehead atoms. The summed E-state index contributed by atoms with van der Waals surface area (Å²) in [5, 5.41) is 0. The number of aromatic amines is 1. The number of imidazole rings is 2. The Balaban J connectivity index is 1.61. The van der Waals surface area contributed by atoms with Gasteiger partial charge in [-0.3, -0.25) is 0 Å². The van der Waals surface area contributed by atoms with Crippen LogP contribution in [-0.4, -0.2) is 14.5 Å². The molecule has 0 fully saturated rings. The van der Waals surface area contributed by atoms with Gasteiger partial charge in [-0.15, -0.1) is 0 Å². The normalized spacial score (nSPS) is 11.3. The molecule has 0 saturated carbocycles. The number of hydrogen-bond donors (Lipinski definition) is 1. The average Bonchev–Trinajstić information content (AvgIpc) is 3.10. The molecule has 0 atom stereocenters. The summed E-state index contributed by atoms with van der Waals surface area (Å²) in [6.45, 7) is 4.14. The molecular formula is C17H23N4+. The number of nitrogens with zero attached hydrogens (tertiary/aromatic N) is 3. The summed E-state index contributed by atoms with van der Waals surface area (Å²) in [6.07, 6.45) is 11.6. The molecule has 4 nitrogen and oxygen atoms in total. The van der Waals surface area contributed by atoms with Gasteiger partial charge in [0.05, 0.1) is 17.6 Å². The zero-order valence-corrected chi connectivity index (χ0v) is 12.6. The third-order valence-corrected chi connectivity index (χ3v) is 3.79. The third kappa shape index (κ3) is 3.51. The van der Waals surface area contributed by atoms with Gasteiger partial charge in [-0.1, -0.05) is 31.9 Å². The Morgan fingerprint density at radius 3 is 2.95 bits per heavy atom. The summed E-state index contributed by atoms with van der Waals surface area (Å²) in [5.74, 6) is 1.00. The molecule has 1 N–H and O–H groups in total. The van der Waals surface area contributed by atoms with Gasteiger partial charge in [0.25, 0.3) is 0 Å². The molecule has 2 aromatic heterocycles. The van der Waals surface area contributed by atoms with Crippen LogP contribution >= 0.6 is 0 Å². The van der Waals surface area contributed by atoms with Crippen molar-refractivity contribution in [3.63, 3.8) is 0 Å². The van der Waals surface area contributed by atoms with E-state index in [9.17, 15) is 0 Å². The Morgan fingerprint density at radius 1 is 1.19 bits per heavy atom. The first-order chi connectivity index (χ1) is 10.3. The fourth-order valence-corrected chi connectivity index (χ4v) is 2.64. The maximum Gasteiger partial charge on any atom is 0.244 e. The molecule has 4 heteroatoms. The molecule has 0 amide bonds. The lowest BCUT2D eigenvalue weighted by atomic mass is 10.2. The number of benzene rings is 1. The van der Waals surface area contributed by atoms with Gasteiger partial charge < -0.3 is 4.98 Å². The van der Waals surface area contributed by atoms with Crippen molar-refractivity contribution in [3.05, 3.63) is 48.8 Å². The van der Waals surface area contributed by atoms with Crippen LogP contribution in [0.3, 0.4) is 0 Å². The molecule has 0 saturated heterocycles. The van der Waals surface area contributed by atoms with Crippen LogP contribution in [0.4, 0.5) is 0 Å². The molecule has 1 aromatic carbocycles. The Labute approximate surface area is 125 Å².